The number of carbonyl (C=O) groups excluding carboxylic acids is 2. The molecule has 24 heavy (non-hydrogen) atoms. The first-order valence-corrected chi connectivity index (χ1v) is 7.30. The lowest BCUT2D eigenvalue weighted by atomic mass is 10.1. The zero-order chi connectivity index (χ0) is 17.3. The molecule has 1 aromatic carbocycles. The lowest BCUT2D eigenvalue weighted by molar-refractivity contribution is -0.137. The molecule has 2 N–H and O–H groups in total. The van der Waals surface area contributed by atoms with Crippen LogP contribution in [-0.2, 0) is 16.6 Å². The molecule has 9 heteroatoms. The number of carbonyl (C=O) groups is 2. The van der Waals surface area contributed by atoms with Crippen LogP contribution >= 0.6 is 0 Å². The number of imide groups is 1. The number of amides is 2. The highest BCUT2D eigenvalue weighted by atomic mass is 16.3. The summed E-state index contributed by atoms with van der Waals surface area (Å²) in [6.07, 6.45) is 1.23. The molecule has 0 saturated carbocycles. The molecule has 3 rings (SSSR count). The van der Waals surface area contributed by atoms with Crippen LogP contribution < -0.4 is 5.32 Å². The Balaban J connectivity index is 1.87. The highest BCUT2D eigenvalue weighted by Gasteiger charge is 2.30. The SMILES string of the molecule is Cc1ccc(-c2nnn(C)n2)cc1NC1=CC(=O)N(CCO)C1=O. The van der Waals surface area contributed by atoms with Gasteiger partial charge in [-0.1, -0.05) is 12.1 Å². The van der Waals surface area contributed by atoms with Crippen molar-refractivity contribution in [3.63, 3.8) is 0 Å². The lowest BCUT2D eigenvalue weighted by Crippen LogP contribution is -2.34. The molecule has 0 unspecified atom stereocenters. The van der Waals surface area contributed by atoms with E-state index in [1.807, 2.05) is 19.1 Å². The predicted molar refractivity (Wildman–Crippen MR) is 84.5 cm³/mol. The van der Waals surface area contributed by atoms with E-state index in [2.05, 4.69) is 20.7 Å². The van der Waals surface area contributed by atoms with Crippen molar-refractivity contribution >= 4 is 17.5 Å². The monoisotopic (exact) mass is 328 g/mol. The van der Waals surface area contributed by atoms with Gasteiger partial charge in [-0.05, 0) is 23.8 Å². The number of β-amino-alcohol motifs (C(OH)–C–C–N with tert-alkyl or cyclic N) is 1. The molecule has 1 aromatic heterocycles. The number of nitrogens with zero attached hydrogens (tertiary/aromatic N) is 5. The number of benzene rings is 1. The zero-order valence-electron chi connectivity index (χ0n) is 13.2. The first-order valence-electron chi connectivity index (χ1n) is 7.30. The molecule has 0 bridgehead atoms. The number of nitrogens with one attached hydrogen (secondary N) is 1. The van der Waals surface area contributed by atoms with Gasteiger partial charge in [0.1, 0.15) is 5.70 Å². The summed E-state index contributed by atoms with van der Waals surface area (Å²) >= 11 is 0. The molecule has 0 aliphatic carbocycles. The summed E-state index contributed by atoms with van der Waals surface area (Å²) in [7, 11) is 1.67. The van der Waals surface area contributed by atoms with Gasteiger partial charge in [0.2, 0.25) is 5.82 Å². The zero-order valence-corrected chi connectivity index (χ0v) is 13.2. The minimum absolute atomic E-state index is 0.0259. The summed E-state index contributed by atoms with van der Waals surface area (Å²) in [4.78, 5) is 26.4. The second kappa shape index (κ2) is 6.20. The third-order valence-corrected chi connectivity index (χ3v) is 3.61. The Morgan fingerprint density at radius 1 is 1.29 bits per heavy atom. The van der Waals surface area contributed by atoms with Crippen molar-refractivity contribution in [2.75, 3.05) is 18.5 Å². The second-order valence-electron chi connectivity index (χ2n) is 5.33. The number of aryl methyl sites for hydroxylation is 2. The van der Waals surface area contributed by atoms with Crippen LogP contribution in [-0.4, -0.2) is 55.2 Å². The summed E-state index contributed by atoms with van der Waals surface area (Å²) in [5.41, 5.74) is 2.46. The third kappa shape index (κ3) is 2.88. The molecule has 2 amide bonds. The van der Waals surface area contributed by atoms with Crippen molar-refractivity contribution < 1.29 is 14.7 Å². The molecule has 9 nitrogen and oxygen atoms in total. The topological polar surface area (TPSA) is 113 Å². The van der Waals surface area contributed by atoms with Crippen molar-refractivity contribution in [1.82, 2.24) is 25.1 Å². The van der Waals surface area contributed by atoms with Crippen molar-refractivity contribution in [1.29, 1.82) is 0 Å². The van der Waals surface area contributed by atoms with Crippen LogP contribution in [0.3, 0.4) is 0 Å². The van der Waals surface area contributed by atoms with E-state index in [9.17, 15) is 9.59 Å². The van der Waals surface area contributed by atoms with Crippen LogP contribution in [0.25, 0.3) is 11.4 Å². The maximum Gasteiger partial charge on any atom is 0.277 e. The number of aromatic nitrogens is 4. The van der Waals surface area contributed by atoms with E-state index in [4.69, 9.17) is 5.11 Å². The summed E-state index contributed by atoms with van der Waals surface area (Å²) < 4.78 is 0. The normalized spacial score (nSPS) is 14.3. The van der Waals surface area contributed by atoms with Gasteiger partial charge in [-0.2, -0.15) is 4.80 Å². The van der Waals surface area contributed by atoms with Crippen LogP contribution in [0.15, 0.2) is 30.0 Å². The van der Waals surface area contributed by atoms with Crippen LogP contribution in [0.2, 0.25) is 0 Å². The summed E-state index contributed by atoms with van der Waals surface area (Å²) in [5.74, 6) is -0.442. The van der Waals surface area contributed by atoms with Crippen LogP contribution in [0, 0.1) is 6.92 Å². The van der Waals surface area contributed by atoms with Gasteiger partial charge in [-0.25, -0.2) is 0 Å². The van der Waals surface area contributed by atoms with Gasteiger partial charge in [0.05, 0.1) is 20.2 Å². The number of tetrazole rings is 1. The van der Waals surface area contributed by atoms with Crippen molar-refractivity contribution in [2.45, 2.75) is 6.92 Å². The third-order valence-electron chi connectivity index (χ3n) is 3.61. The molecule has 2 heterocycles. The van der Waals surface area contributed by atoms with Crippen LogP contribution in [0.4, 0.5) is 5.69 Å². The Morgan fingerprint density at radius 2 is 2.08 bits per heavy atom. The Hall–Kier alpha value is -3.07. The maximum atomic E-state index is 12.2. The van der Waals surface area contributed by atoms with E-state index in [0.29, 0.717) is 11.5 Å². The lowest BCUT2D eigenvalue weighted by Gasteiger charge is -2.14. The van der Waals surface area contributed by atoms with Crippen molar-refractivity contribution in [3.05, 3.63) is 35.5 Å². The molecule has 0 atom stereocenters. The minimum atomic E-state index is -0.462. The summed E-state index contributed by atoms with van der Waals surface area (Å²) in [5, 5.41) is 23.8. The molecule has 0 saturated heterocycles. The van der Waals surface area contributed by atoms with Crippen molar-refractivity contribution in [3.8, 4) is 11.4 Å². The second-order valence-corrected chi connectivity index (χ2v) is 5.33. The van der Waals surface area contributed by atoms with E-state index < -0.39 is 11.8 Å². The van der Waals surface area contributed by atoms with Gasteiger partial charge in [0.15, 0.2) is 0 Å². The van der Waals surface area contributed by atoms with E-state index in [-0.39, 0.29) is 18.8 Å². The summed E-state index contributed by atoms with van der Waals surface area (Å²) in [6.45, 7) is 1.58. The number of hydrogen-bond donors (Lipinski definition) is 2. The Kier molecular flexibility index (Phi) is 4.09. The Morgan fingerprint density at radius 3 is 2.75 bits per heavy atom. The molecule has 1 aliphatic rings. The highest BCUT2D eigenvalue weighted by Crippen LogP contribution is 2.25. The fourth-order valence-electron chi connectivity index (χ4n) is 2.35. The molecule has 2 aromatic rings. The standard InChI is InChI=1S/C15H16N6O3/c1-9-3-4-10(14-17-19-20(2)18-14)7-11(9)16-12-8-13(23)21(5-6-22)15(12)24/h3-4,7-8,16,22H,5-6H2,1-2H3. The minimum Gasteiger partial charge on any atom is -0.395 e. The highest BCUT2D eigenvalue weighted by molar-refractivity contribution is 6.17. The molecule has 0 radical (unpaired) electrons. The molecule has 0 fully saturated rings. The largest absolute Gasteiger partial charge is 0.395 e. The Bertz CT molecular complexity index is 841. The Labute approximate surface area is 137 Å². The van der Waals surface area contributed by atoms with E-state index in [1.54, 1.807) is 13.1 Å². The average Bonchev–Trinajstić information content (AvgIpc) is 3.09. The number of anilines is 1. The van der Waals surface area contributed by atoms with Gasteiger partial charge < -0.3 is 10.4 Å². The van der Waals surface area contributed by atoms with Gasteiger partial charge in [0, 0.05) is 17.3 Å². The van der Waals surface area contributed by atoms with Crippen molar-refractivity contribution in [2.24, 2.45) is 7.05 Å². The smallest absolute Gasteiger partial charge is 0.277 e. The first-order chi connectivity index (χ1) is 11.5. The van der Waals surface area contributed by atoms with E-state index >= 15 is 0 Å². The number of aliphatic hydroxyl groups excluding tert-OH is 1. The van der Waals surface area contributed by atoms with Gasteiger partial charge in [0.25, 0.3) is 11.8 Å². The predicted octanol–water partition coefficient (Wildman–Crippen LogP) is -0.158. The first kappa shape index (κ1) is 15.8. The number of hydrogen-bond acceptors (Lipinski definition) is 7. The fourth-order valence-corrected chi connectivity index (χ4v) is 2.35. The number of rotatable bonds is 5. The van der Waals surface area contributed by atoms with Gasteiger partial charge in [-0.3, -0.25) is 14.5 Å². The number of aliphatic hydroxyl groups is 1. The maximum absolute atomic E-state index is 12.2. The van der Waals surface area contributed by atoms with Crippen LogP contribution in [0.5, 0.6) is 0 Å². The molecule has 1 aliphatic heterocycles. The molecular weight excluding hydrogens is 312 g/mol. The average molecular weight is 328 g/mol. The van der Waals surface area contributed by atoms with E-state index in [0.717, 1.165) is 16.0 Å². The quantitative estimate of drug-likeness (QED) is 0.733. The van der Waals surface area contributed by atoms with E-state index in [1.165, 1.54) is 10.9 Å². The van der Waals surface area contributed by atoms with Gasteiger partial charge >= 0.3 is 0 Å². The molecule has 0 spiro atoms. The summed E-state index contributed by atoms with van der Waals surface area (Å²) in [6, 6.07) is 5.51. The molecular formula is C15H16N6O3. The fraction of sp³-hybridized carbons (Fsp3) is 0.267. The van der Waals surface area contributed by atoms with Crippen LogP contribution in [0.1, 0.15) is 5.56 Å². The molecule has 124 valence electrons. The van der Waals surface area contributed by atoms with Gasteiger partial charge in [-0.15, -0.1) is 10.2 Å².